The number of likely N-dealkylation sites (N-methyl/N-ethyl adjacent to an activating group) is 1. The second-order valence-corrected chi connectivity index (χ2v) is 8.59. The van der Waals surface area contributed by atoms with E-state index in [2.05, 4.69) is 46.5 Å². The normalized spacial score (nSPS) is 13.4. The highest BCUT2D eigenvalue weighted by atomic mass is 16.1. The van der Waals surface area contributed by atoms with E-state index in [4.69, 9.17) is 0 Å². The number of rotatable bonds is 7. The van der Waals surface area contributed by atoms with Gasteiger partial charge in [0.25, 0.3) is 0 Å². The van der Waals surface area contributed by atoms with Crippen molar-refractivity contribution in [2.75, 3.05) is 46.1 Å². The molecule has 4 rings (SSSR count). The summed E-state index contributed by atoms with van der Waals surface area (Å²) in [5, 5.41) is 10.7. The lowest BCUT2D eigenvalue weighted by Gasteiger charge is -2.28. The number of benzene rings is 2. The fourth-order valence-electron chi connectivity index (χ4n) is 3.78. The molecule has 8 heteroatoms. The van der Waals surface area contributed by atoms with Crippen LogP contribution in [0.5, 0.6) is 0 Å². The molecule has 2 heterocycles. The van der Waals surface area contributed by atoms with Gasteiger partial charge in [-0.05, 0) is 82.8 Å². The molecule has 3 aromatic rings. The average Bonchev–Trinajstić information content (AvgIpc) is 2.94. The Morgan fingerprint density at radius 1 is 1.08 bits per heavy atom. The second kappa shape index (κ2) is 16.1. The topological polar surface area (TPSA) is 103 Å². The van der Waals surface area contributed by atoms with Crippen LogP contribution in [-0.2, 0) is 9.59 Å². The molecule has 8 nitrogen and oxygen atoms in total. The summed E-state index contributed by atoms with van der Waals surface area (Å²) in [4.78, 5) is 38.5. The summed E-state index contributed by atoms with van der Waals surface area (Å²) < 4.78 is 0. The summed E-state index contributed by atoms with van der Waals surface area (Å²) in [5.41, 5.74) is 2.68. The van der Waals surface area contributed by atoms with Gasteiger partial charge in [0.1, 0.15) is 12.0 Å². The van der Waals surface area contributed by atoms with Crippen LogP contribution in [0.3, 0.4) is 0 Å². The summed E-state index contributed by atoms with van der Waals surface area (Å²) in [5.74, 6) is -0.260. The summed E-state index contributed by atoms with van der Waals surface area (Å²) >= 11 is 0. The number of carbonyl (C=O) groups excluding carboxylic acids is 3. The van der Waals surface area contributed by atoms with Gasteiger partial charge in [0.15, 0.2) is 6.29 Å². The first-order valence-corrected chi connectivity index (χ1v) is 12.3. The molecule has 37 heavy (non-hydrogen) atoms. The molecule has 3 N–H and O–H groups in total. The van der Waals surface area contributed by atoms with Crippen molar-refractivity contribution in [2.45, 2.75) is 18.9 Å². The quantitative estimate of drug-likeness (QED) is 0.335. The van der Waals surface area contributed by atoms with Crippen LogP contribution in [0, 0.1) is 0 Å². The standard InChI is InChI=1S/C19H14N2O2.C7H16N2.C3H7NO/c1-2-19(23)21-18-8-3-5-13-9-10-14(11-16(13)18)17-7-4-6-15(12-22)20-17;1-8-7-3-5-9(2)6-4-7;1-4-2-3-5/h2-12H,1H2,(H,21,23);7-8H,3-6H2,1-2H3;3-4H,2H2,1H3. The molecule has 0 saturated carbocycles. The summed E-state index contributed by atoms with van der Waals surface area (Å²) in [6, 6.07) is 17.6. The van der Waals surface area contributed by atoms with Crippen molar-refractivity contribution in [3.63, 3.8) is 0 Å². The van der Waals surface area contributed by atoms with Crippen molar-refractivity contribution < 1.29 is 14.4 Å². The molecule has 1 aromatic heterocycles. The third kappa shape index (κ3) is 9.69. The van der Waals surface area contributed by atoms with Crippen molar-refractivity contribution in [1.82, 2.24) is 20.5 Å². The van der Waals surface area contributed by atoms with Crippen LogP contribution in [0.15, 0.2) is 67.3 Å². The number of likely N-dealkylation sites (tertiary alicyclic amines) is 1. The lowest BCUT2D eigenvalue weighted by atomic mass is 10.0. The third-order valence-corrected chi connectivity index (χ3v) is 5.93. The second-order valence-electron chi connectivity index (χ2n) is 8.59. The Balaban J connectivity index is 0.000000283. The molecule has 0 unspecified atom stereocenters. The number of carbonyl (C=O) groups is 3. The maximum atomic E-state index is 11.6. The molecule has 1 aliphatic heterocycles. The Bertz CT molecular complexity index is 1170. The maximum absolute atomic E-state index is 11.6. The van der Waals surface area contributed by atoms with Gasteiger partial charge in [-0.3, -0.25) is 9.59 Å². The van der Waals surface area contributed by atoms with Gasteiger partial charge in [-0.2, -0.15) is 0 Å². The van der Waals surface area contributed by atoms with E-state index in [1.807, 2.05) is 42.5 Å². The fourth-order valence-corrected chi connectivity index (χ4v) is 3.78. The van der Waals surface area contributed by atoms with Gasteiger partial charge in [-0.1, -0.05) is 36.9 Å². The predicted molar refractivity (Wildman–Crippen MR) is 151 cm³/mol. The van der Waals surface area contributed by atoms with Crippen LogP contribution >= 0.6 is 0 Å². The van der Waals surface area contributed by atoms with Gasteiger partial charge in [0.2, 0.25) is 5.91 Å². The lowest BCUT2D eigenvalue weighted by Crippen LogP contribution is -2.39. The summed E-state index contributed by atoms with van der Waals surface area (Å²) in [6.45, 7) is 6.44. The van der Waals surface area contributed by atoms with Crippen LogP contribution in [-0.4, -0.2) is 75.2 Å². The van der Waals surface area contributed by atoms with E-state index in [-0.39, 0.29) is 5.91 Å². The Hall–Kier alpha value is -3.72. The Labute approximate surface area is 219 Å². The maximum Gasteiger partial charge on any atom is 0.247 e. The van der Waals surface area contributed by atoms with Crippen molar-refractivity contribution in [3.8, 4) is 11.3 Å². The van der Waals surface area contributed by atoms with Gasteiger partial charge in [0.05, 0.1) is 12.2 Å². The SMILES string of the molecule is C=CC(=O)Nc1cccc2ccc(-c3cccc(C=O)n3)cc12.CNC1CCN(C)CC1.CNCC=O. The molecule has 0 aliphatic carbocycles. The van der Waals surface area contributed by atoms with Crippen LogP contribution in [0.25, 0.3) is 22.0 Å². The molecule has 0 bridgehead atoms. The number of aldehydes is 2. The molecule has 0 radical (unpaired) electrons. The molecule has 0 spiro atoms. The average molecular weight is 504 g/mol. The predicted octanol–water partition coefficient (Wildman–Crippen LogP) is 3.54. The van der Waals surface area contributed by atoms with E-state index in [0.717, 1.165) is 35.0 Å². The van der Waals surface area contributed by atoms with Crippen molar-refractivity contribution >= 4 is 34.9 Å². The summed E-state index contributed by atoms with van der Waals surface area (Å²) in [6.07, 6.45) is 5.40. The zero-order chi connectivity index (χ0) is 27.0. The number of piperidine rings is 1. The van der Waals surface area contributed by atoms with Crippen LogP contribution < -0.4 is 16.0 Å². The highest BCUT2D eigenvalue weighted by Crippen LogP contribution is 2.28. The minimum atomic E-state index is -0.260. The van der Waals surface area contributed by atoms with Gasteiger partial charge < -0.3 is 25.6 Å². The number of fused-ring (bicyclic) bond motifs is 1. The van der Waals surface area contributed by atoms with Crippen LogP contribution in [0.2, 0.25) is 0 Å². The zero-order valence-corrected chi connectivity index (χ0v) is 21.9. The van der Waals surface area contributed by atoms with Gasteiger partial charge in [0, 0.05) is 22.7 Å². The van der Waals surface area contributed by atoms with Crippen LogP contribution in [0.1, 0.15) is 23.3 Å². The van der Waals surface area contributed by atoms with Crippen molar-refractivity contribution in [3.05, 3.63) is 72.9 Å². The summed E-state index contributed by atoms with van der Waals surface area (Å²) in [7, 11) is 5.97. The molecule has 1 amide bonds. The number of aromatic nitrogens is 1. The number of hydrogen-bond donors (Lipinski definition) is 3. The molecule has 196 valence electrons. The number of pyridine rings is 1. The minimum Gasteiger partial charge on any atom is -0.322 e. The number of nitrogens with one attached hydrogen (secondary N) is 3. The number of hydrogen-bond acceptors (Lipinski definition) is 7. The first kappa shape index (κ1) is 29.5. The number of anilines is 1. The molecular weight excluding hydrogens is 466 g/mol. The van der Waals surface area contributed by atoms with Crippen molar-refractivity contribution in [1.29, 1.82) is 0 Å². The molecule has 1 aliphatic rings. The highest BCUT2D eigenvalue weighted by molar-refractivity contribution is 6.06. The highest BCUT2D eigenvalue weighted by Gasteiger charge is 2.13. The largest absolute Gasteiger partial charge is 0.322 e. The molecule has 2 aromatic carbocycles. The molecular formula is C29H37N5O3. The third-order valence-electron chi connectivity index (χ3n) is 5.93. The molecule has 1 fully saturated rings. The smallest absolute Gasteiger partial charge is 0.247 e. The Morgan fingerprint density at radius 2 is 1.81 bits per heavy atom. The minimum absolute atomic E-state index is 0.260. The monoisotopic (exact) mass is 503 g/mol. The van der Waals surface area contributed by atoms with E-state index < -0.39 is 0 Å². The first-order chi connectivity index (χ1) is 17.9. The van der Waals surface area contributed by atoms with E-state index >= 15 is 0 Å². The van der Waals surface area contributed by atoms with Crippen molar-refractivity contribution in [2.24, 2.45) is 0 Å². The van der Waals surface area contributed by atoms with Gasteiger partial charge in [-0.25, -0.2) is 4.98 Å². The first-order valence-electron chi connectivity index (χ1n) is 12.3. The molecule has 0 atom stereocenters. The van der Waals surface area contributed by atoms with E-state index in [1.165, 1.54) is 32.0 Å². The Kier molecular flexibility index (Phi) is 12.8. The van der Waals surface area contributed by atoms with E-state index in [9.17, 15) is 14.4 Å². The zero-order valence-electron chi connectivity index (χ0n) is 21.9. The van der Waals surface area contributed by atoms with Crippen LogP contribution in [0.4, 0.5) is 5.69 Å². The van der Waals surface area contributed by atoms with E-state index in [1.54, 1.807) is 19.2 Å². The van der Waals surface area contributed by atoms with E-state index in [0.29, 0.717) is 23.6 Å². The molecule has 1 saturated heterocycles. The lowest BCUT2D eigenvalue weighted by molar-refractivity contribution is -0.112. The van der Waals surface area contributed by atoms with Gasteiger partial charge in [-0.15, -0.1) is 0 Å². The van der Waals surface area contributed by atoms with Gasteiger partial charge >= 0.3 is 0 Å². The number of nitrogens with zero attached hydrogens (tertiary/aromatic N) is 2. The Morgan fingerprint density at radius 3 is 2.41 bits per heavy atom. The number of amides is 1. The fraction of sp³-hybridized carbons (Fsp3) is 0.310.